The first-order chi connectivity index (χ1) is 12.3. The molecule has 0 bridgehead atoms. The first-order valence-electron chi connectivity index (χ1n) is 9.21. The van der Waals surface area contributed by atoms with Gasteiger partial charge in [0.25, 0.3) is 5.56 Å². The standard InChI is InChI=1S/C18H30N4O4/c1-18(2,3)26-17(25)22-10-5-4-6-14(22)7-8-19-15-16(24)21(12-13-23)11-9-20-15/h9,11,14,23H,4-8,10,12-13H2,1-3H3,(H,19,20). The second kappa shape index (κ2) is 9.02. The van der Waals surface area contributed by atoms with E-state index in [1.165, 1.54) is 10.8 Å². The number of aromatic nitrogens is 2. The molecule has 0 aliphatic carbocycles. The topological polar surface area (TPSA) is 96.7 Å². The average Bonchev–Trinajstić information content (AvgIpc) is 2.57. The lowest BCUT2D eigenvalue weighted by molar-refractivity contribution is 0.00929. The maximum Gasteiger partial charge on any atom is 0.410 e. The van der Waals surface area contributed by atoms with Crippen LogP contribution in [-0.4, -0.2) is 57.0 Å². The lowest BCUT2D eigenvalue weighted by Gasteiger charge is -2.36. The third-order valence-electron chi connectivity index (χ3n) is 4.28. The molecule has 1 atom stereocenters. The van der Waals surface area contributed by atoms with Gasteiger partial charge >= 0.3 is 6.09 Å². The summed E-state index contributed by atoms with van der Waals surface area (Å²) in [5.41, 5.74) is -0.766. The van der Waals surface area contributed by atoms with E-state index in [2.05, 4.69) is 10.3 Å². The summed E-state index contributed by atoms with van der Waals surface area (Å²) in [4.78, 5) is 30.5. The predicted molar refractivity (Wildman–Crippen MR) is 99.3 cm³/mol. The van der Waals surface area contributed by atoms with Crippen molar-refractivity contribution in [1.82, 2.24) is 14.5 Å². The highest BCUT2D eigenvalue weighted by Gasteiger charge is 2.30. The fourth-order valence-electron chi connectivity index (χ4n) is 3.07. The lowest BCUT2D eigenvalue weighted by atomic mass is 10.00. The number of ether oxygens (including phenoxy) is 1. The molecule has 1 fully saturated rings. The van der Waals surface area contributed by atoms with Crippen molar-refractivity contribution in [2.45, 2.75) is 64.6 Å². The molecule has 1 aliphatic heterocycles. The molecule has 1 aliphatic rings. The molecule has 2 N–H and O–H groups in total. The molecule has 0 saturated carbocycles. The van der Waals surface area contributed by atoms with Crippen molar-refractivity contribution in [3.63, 3.8) is 0 Å². The van der Waals surface area contributed by atoms with Crippen LogP contribution in [0.25, 0.3) is 0 Å². The smallest absolute Gasteiger partial charge is 0.410 e. The first-order valence-corrected chi connectivity index (χ1v) is 9.21. The number of hydrogen-bond acceptors (Lipinski definition) is 6. The summed E-state index contributed by atoms with van der Waals surface area (Å²) in [6.07, 6.45) is 6.52. The van der Waals surface area contributed by atoms with Gasteiger partial charge in [-0.2, -0.15) is 0 Å². The molecule has 1 unspecified atom stereocenters. The molecule has 0 radical (unpaired) electrons. The summed E-state index contributed by atoms with van der Waals surface area (Å²) < 4.78 is 6.93. The molecule has 8 heteroatoms. The highest BCUT2D eigenvalue weighted by Crippen LogP contribution is 2.22. The third-order valence-corrected chi connectivity index (χ3v) is 4.28. The van der Waals surface area contributed by atoms with Crippen LogP contribution in [0.3, 0.4) is 0 Å². The third kappa shape index (κ3) is 5.72. The van der Waals surface area contributed by atoms with E-state index in [0.717, 1.165) is 25.7 Å². The van der Waals surface area contributed by atoms with Crippen molar-refractivity contribution in [3.8, 4) is 0 Å². The van der Waals surface area contributed by atoms with Gasteiger partial charge in [-0.3, -0.25) is 4.79 Å². The predicted octanol–water partition coefficient (Wildman–Crippen LogP) is 1.83. The molecule has 1 saturated heterocycles. The molecule has 146 valence electrons. The minimum atomic E-state index is -0.511. The van der Waals surface area contributed by atoms with Gasteiger partial charge in [0.05, 0.1) is 6.61 Å². The molecule has 1 amide bonds. The highest BCUT2D eigenvalue weighted by atomic mass is 16.6. The quantitative estimate of drug-likeness (QED) is 0.797. The van der Waals surface area contributed by atoms with Gasteiger partial charge in [0.15, 0.2) is 5.82 Å². The minimum absolute atomic E-state index is 0.0921. The van der Waals surface area contributed by atoms with Gasteiger partial charge in [0, 0.05) is 38.1 Å². The number of nitrogens with zero attached hydrogens (tertiary/aromatic N) is 3. The first kappa shape index (κ1) is 20.2. The monoisotopic (exact) mass is 366 g/mol. The number of carbonyl (C=O) groups is 1. The molecule has 0 aromatic carbocycles. The largest absolute Gasteiger partial charge is 0.444 e. The van der Waals surface area contributed by atoms with Crippen LogP contribution >= 0.6 is 0 Å². The number of nitrogens with one attached hydrogen (secondary N) is 1. The van der Waals surface area contributed by atoms with E-state index in [9.17, 15) is 9.59 Å². The van der Waals surface area contributed by atoms with Crippen LogP contribution in [0.2, 0.25) is 0 Å². The zero-order chi connectivity index (χ0) is 19.2. The van der Waals surface area contributed by atoms with Crippen LogP contribution in [0, 0.1) is 0 Å². The van der Waals surface area contributed by atoms with E-state index in [-0.39, 0.29) is 36.7 Å². The Morgan fingerprint density at radius 2 is 2.19 bits per heavy atom. The Bertz CT molecular complexity index is 653. The Morgan fingerprint density at radius 1 is 1.42 bits per heavy atom. The summed E-state index contributed by atoms with van der Waals surface area (Å²) in [5.74, 6) is 0.264. The molecule has 26 heavy (non-hydrogen) atoms. The van der Waals surface area contributed by atoms with Crippen LogP contribution in [0.1, 0.15) is 46.5 Å². The van der Waals surface area contributed by atoms with Crippen LogP contribution in [0.4, 0.5) is 10.6 Å². The van der Waals surface area contributed by atoms with Gasteiger partial charge in [0.2, 0.25) is 0 Å². The summed E-state index contributed by atoms with van der Waals surface area (Å²) >= 11 is 0. The van der Waals surface area contributed by atoms with Gasteiger partial charge in [-0.1, -0.05) is 0 Å². The summed E-state index contributed by atoms with van der Waals surface area (Å²) in [6, 6.07) is 0.0921. The Kier molecular flexibility index (Phi) is 7.02. The molecule has 0 spiro atoms. The number of hydrogen-bond donors (Lipinski definition) is 2. The Labute approximate surface area is 154 Å². The van der Waals surface area contributed by atoms with Crippen LogP contribution in [0.5, 0.6) is 0 Å². The maximum atomic E-state index is 12.4. The van der Waals surface area contributed by atoms with Crippen molar-refractivity contribution >= 4 is 11.9 Å². The Balaban J connectivity index is 1.94. The zero-order valence-electron chi connectivity index (χ0n) is 15.9. The summed E-state index contributed by atoms with van der Waals surface area (Å²) in [7, 11) is 0. The molecular weight excluding hydrogens is 336 g/mol. The fraction of sp³-hybridized carbons (Fsp3) is 0.722. The molecule has 2 rings (SSSR count). The van der Waals surface area contributed by atoms with E-state index in [4.69, 9.17) is 9.84 Å². The van der Waals surface area contributed by atoms with Crippen molar-refractivity contribution in [1.29, 1.82) is 0 Å². The normalized spacial score (nSPS) is 17.8. The molecule has 1 aromatic heterocycles. The van der Waals surface area contributed by atoms with Gasteiger partial charge in [-0.15, -0.1) is 0 Å². The van der Waals surface area contributed by atoms with Gasteiger partial charge in [-0.05, 0) is 46.5 Å². The van der Waals surface area contributed by atoms with E-state index in [1.807, 2.05) is 20.8 Å². The van der Waals surface area contributed by atoms with Crippen molar-refractivity contribution in [3.05, 3.63) is 22.7 Å². The number of carbonyl (C=O) groups excluding carboxylic acids is 1. The summed E-state index contributed by atoms with van der Waals surface area (Å²) in [5, 5.41) is 12.1. The number of likely N-dealkylation sites (tertiary alicyclic amines) is 1. The fourth-order valence-corrected chi connectivity index (χ4v) is 3.07. The van der Waals surface area contributed by atoms with Gasteiger partial charge < -0.3 is 24.6 Å². The van der Waals surface area contributed by atoms with E-state index < -0.39 is 5.60 Å². The second-order valence-corrected chi connectivity index (χ2v) is 7.54. The summed E-state index contributed by atoms with van der Waals surface area (Å²) in [6.45, 7) is 6.97. The van der Waals surface area contributed by atoms with Crippen LogP contribution < -0.4 is 10.9 Å². The van der Waals surface area contributed by atoms with Crippen LogP contribution in [-0.2, 0) is 11.3 Å². The molecular formula is C18H30N4O4. The van der Waals surface area contributed by atoms with E-state index >= 15 is 0 Å². The SMILES string of the molecule is CC(C)(C)OC(=O)N1CCCCC1CCNc1nccn(CCO)c1=O. The number of anilines is 1. The Morgan fingerprint density at radius 3 is 2.88 bits per heavy atom. The van der Waals surface area contributed by atoms with Crippen molar-refractivity contribution in [2.24, 2.45) is 0 Å². The maximum absolute atomic E-state index is 12.4. The van der Waals surface area contributed by atoms with Crippen molar-refractivity contribution in [2.75, 3.05) is 25.0 Å². The number of amides is 1. The number of aliphatic hydroxyl groups is 1. The Hall–Kier alpha value is -2.09. The van der Waals surface area contributed by atoms with Crippen molar-refractivity contribution < 1.29 is 14.6 Å². The number of rotatable bonds is 6. The zero-order valence-corrected chi connectivity index (χ0v) is 15.9. The number of piperidine rings is 1. The van der Waals surface area contributed by atoms with Crippen LogP contribution in [0.15, 0.2) is 17.2 Å². The van der Waals surface area contributed by atoms with E-state index in [1.54, 1.807) is 11.1 Å². The molecule has 1 aromatic rings. The minimum Gasteiger partial charge on any atom is -0.444 e. The lowest BCUT2D eigenvalue weighted by Crippen LogP contribution is -2.46. The van der Waals surface area contributed by atoms with Gasteiger partial charge in [-0.25, -0.2) is 9.78 Å². The molecule has 8 nitrogen and oxygen atoms in total. The molecule has 2 heterocycles. The second-order valence-electron chi connectivity index (χ2n) is 7.54. The van der Waals surface area contributed by atoms with Gasteiger partial charge in [0.1, 0.15) is 5.60 Å². The van der Waals surface area contributed by atoms with E-state index in [0.29, 0.717) is 13.1 Å². The average molecular weight is 366 g/mol. The number of aliphatic hydroxyl groups excluding tert-OH is 1. The highest BCUT2D eigenvalue weighted by molar-refractivity contribution is 5.68.